The molecule has 1 N–H and O–H groups in total. The molecule has 7 nitrogen and oxygen atoms in total. The van der Waals surface area contributed by atoms with E-state index < -0.39 is 42.4 Å². The number of halogens is 2. The second-order valence-corrected chi connectivity index (χ2v) is 7.16. The molecule has 3 amide bonds. The highest BCUT2D eigenvalue weighted by molar-refractivity contribution is 6.36. The first-order valence-electron chi connectivity index (χ1n) is 8.10. The number of rotatable bonds is 5. The van der Waals surface area contributed by atoms with E-state index in [1.54, 1.807) is 0 Å². The number of carbonyl (C=O) groups excluding carboxylic acids is 4. The first-order chi connectivity index (χ1) is 12.3. The molecule has 2 aliphatic rings. The molecular weight excluding hydrogens is 383 g/mol. The van der Waals surface area contributed by atoms with Crippen molar-refractivity contribution in [1.29, 1.82) is 0 Å². The van der Waals surface area contributed by atoms with Crippen LogP contribution in [0.5, 0.6) is 0 Å². The molecule has 26 heavy (non-hydrogen) atoms. The number of urea groups is 1. The lowest BCUT2D eigenvalue weighted by molar-refractivity contribution is -0.146. The van der Waals surface area contributed by atoms with Gasteiger partial charge in [-0.3, -0.25) is 19.3 Å². The van der Waals surface area contributed by atoms with Crippen LogP contribution in [0.15, 0.2) is 18.2 Å². The Hall–Kier alpha value is -2.12. The Morgan fingerprint density at radius 1 is 1.19 bits per heavy atom. The van der Waals surface area contributed by atoms with Crippen LogP contribution in [-0.4, -0.2) is 47.3 Å². The van der Waals surface area contributed by atoms with Gasteiger partial charge in [0.05, 0.1) is 5.02 Å². The number of carbonyl (C=O) groups is 4. The summed E-state index contributed by atoms with van der Waals surface area (Å²) in [6.07, 6.45) is 2.83. The largest absolute Gasteiger partial charge is 0.456 e. The Morgan fingerprint density at radius 2 is 1.88 bits per heavy atom. The topological polar surface area (TPSA) is 92.8 Å². The van der Waals surface area contributed by atoms with Gasteiger partial charge < -0.3 is 10.1 Å². The van der Waals surface area contributed by atoms with Gasteiger partial charge >= 0.3 is 12.0 Å². The number of hydrogen-bond donors (Lipinski definition) is 1. The quantitative estimate of drug-likeness (QED) is 0.467. The number of amides is 3. The molecule has 0 aromatic heterocycles. The summed E-state index contributed by atoms with van der Waals surface area (Å²) in [6.45, 7) is -1.08. The standard InChI is InChI=1S/C17H16Cl2N2O5/c18-10-3-4-11(12(19)7-10)13(22)9-26-14(23)8-21-15(24)17(20-16(21)25)5-1-2-6-17/h3-4,7H,1-2,5-6,8-9H2,(H,20,25). The molecule has 1 spiro atoms. The van der Waals surface area contributed by atoms with Crippen LogP contribution in [0.1, 0.15) is 36.0 Å². The lowest BCUT2D eigenvalue weighted by Crippen LogP contribution is -2.44. The van der Waals surface area contributed by atoms with Gasteiger partial charge in [0.2, 0.25) is 5.78 Å². The Morgan fingerprint density at radius 3 is 2.54 bits per heavy atom. The third-order valence-electron chi connectivity index (χ3n) is 4.59. The normalized spacial score (nSPS) is 18.3. The minimum Gasteiger partial charge on any atom is -0.456 e. The molecule has 1 aliphatic heterocycles. The van der Waals surface area contributed by atoms with E-state index in [1.807, 2.05) is 0 Å². The average Bonchev–Trinajstić information content (AvgIpc) is 3.14. The number of benzene rings is 1. The van der Waals surface area contributed by atoms with Crippen LogP contribution >= 0.6 is 23.2 Å². The van der Waals surface area contributed by atoms with Gasteiger partial charge in [-0.25, -0.2) is 4.79 Å². The number of esters is 1. The first kappa shape index (κ1) is 18.7. The van der Waals surface area contributed by atoms with Crippen molar-refractivity contribution in [2.45, 2.75) is 31.2 Å². The van der Waals surface area contributed by atoms with Gasteiger partial charge in [-0.05, 0) is 31.0 Å². The highest BCUT2D eigenvalue weighted by Crippen LogP contribution is 2.34. The van der Waals surface area contributed by atoms with Crippen LogP contribution in [-0.2, 0) is 14.3 Å². The summed E-state index contributed by atoms with van der Waals surface area (Å²) in [5.74, 6) is -1.77. The molecule has 9 heteroatoms. The summed E-state index contributed by atoms with van der Waals surface area (Å²) in [7, 11) is 0. The molecule has 3 rings (SSSR count). The first-order valence-corrected chi connectivity index (χ1v) is 8.86. The molecular formula is C17H16Cl2N2O5. The molecule has 0 unspecified atom stereocenters. The second-order valence-electron chi connectivity index (χ2n) is 6.32. The SMILES string of the molecule is O=C(CN1C(=O)NC2(CCCC2)C1=O)OCC(=O)c1ccc(Cl)cc1Cl. The average molecular weight is 399 g/mol. The number of ketones is 1. The number of ether oxygens (including phenoxy) is 1. The number of imide groups is 1. The van der Waals surface area contributed by atoms with Gasteiger partial charge in [0.1, 0.15) is 12.1 Å². The number of nitrogens with zero attached hydrogens (tertiary/aromatic N) is 1. The highest BCUT2D eigenvalue weighted by Gasteiger charge is 2.52. The molecule has 1 saturated carbocycles. The van der Waals surface area contributed by atoms with E-state index in [2.05, 4.69) is 5.32 Å². The Bertz CT molecular complexity index is 789. The Kier molecular flexibility index (Phi) is 5.20. The number of nitrogens with one attached hydrogen (secondary N) is 1. The van der Waals surface area contributed by atoms with Crippen molar-refractivity contribution in [2.75, 3.05) is 13.2 Å². The minimum atomic E-state index is -0.885. The van der Waals surface area contributed by atoms with Crippen LogP contribution < -0.4 is 5.32 Å². The van der Waals surface area contributed by atoms with Gasteiger partial charge in [-0.15, -0.1) is 0 Å². The van der Waals surface area contributed by atoms with Crippen LogP contribution in [0.3, 0.4) is 0 Å². The Balaban J connectivity index is 1.56. The van der Waals surface area contributed by atoms with E-state index in [-0.39, 0.29) is 10.6 Å². The number of Topliss-reactive ketones (excluding diaryl/α,β-unsaturated/α-hetero) is 1. The third-order valence-corrected chi connectivity index (χ3v) is 5.13. The molecule has 1 heterocycles. The fraction of sp³-hybridized carbons (Fsp3) is 0.412. The van der Waals surface area contributed by atoms with Crippen molar-refractivity contribution in [2.24, 2.45) is 0 Å². The molecule has 138 valence electrons. The smallest absolute Gasteiger partial charge is 0.326 e. The van der Waals surface area contributed by atoms with Crippen LogP contribution in [0.2, 0.25) is 10.0 Å². The van der Waals surface area contributed by atoms with Crippen LogP contribution in [0.25, 0.3) is 0 Å². The fourth-order valence-corrected chi connectivity index (χ4v) is 3.77. The van der Waals surface area contributed by atoms with Crippen molar-refractivity contribution >= 4 is 46.9 Å². The summed E-state index contributed by atoms with van der Waals surface area (Å²) in [6, 6.07) is 3.73. The zero-order valence-electron chi connectivity index (χ0n) is 13.7. The van der Waals surface area contributed by atoms with Gasteiger partial charge in [0.25, 0.3) is 5.91 Å². The van der Waals surface area contributed by atoms with E-state index in [9.17, 15) is 19.2 Å². The molecule has 1 saturated heterocycles. The minimum absolute atomic E-state index is 0.149. The molecule has 0 bridgehead atoms. The maximum Gasteiger partial charge on any atom is 0.326 e. The van der Waals surface area contributed by atoms with Gasteiger partial charge in [0.15, 0.2) is 6.61 Å². The summed E-state index contributed by atoms with van der Waals surface area (Å²) in [5.41, 5.74) is -0.715. The zero-order chi connectivity index (χ0) is 18.9. The molecule has 1 aliphatic carbocycles. The molecule has 1 aromatic carbocycles. The van der Waals surface area contributed by atoms with E-state index in [1.165, 1.54) is 18.2 Å². The van der Waals surface area contributed by atoms with E-state index >= 15 is 0 Å². The van der Waals surface area contributed by atoms with Crippen molar-refractivity contribution < 1.29 is 23.9 Å². The van der Waals surface area contributed by atoms with Gasteiger partial charge in [-0.1, -0.05) is 36.0 Å². The maximum atomic E-state index is 12.4. The fourth-order valence-electron chi connectivity index (χ4n) is 3.25. The molecule has 2 fully saturated rings. The summed E-state index contributed by atoms with van der Waals surface area (Å²) < 4.78 is 4.90. The summed E-state index contributed by atoms with van der Waals surface area (Å²) >= 11 is 11.7. The van der Waals surface area contributed by atoms with Crippen LogP contribution in [0, 0.1) is 0 Å². The molecule has 0 atom stereocenters. The zero-order valence-corrected chi connectivity index (χ0v) is 15.2. The second kappa shape index (κ2) is 7.25. The highest BCUT2D eigenvalue weighted by atomic mass is 35.5. The van der Waals surface area contributed by atoms with Crippen molar-refractivity contribution in [3.05, 3.63) is 33.8 Å². The van der Waals surface area contributed by atoms with Crippen LogP contribution in [0.4, 0.5) is 4.79 Å². The van der Waals surface area contributed by atoms with Gasteiger partial charge in [-0.2, -0.15) is 0 Å². The van der Waals surface area contributed by atoms with E-state index in [4.69, 9.17) is 27.9 Å². The summed E-state index contributed by atoms with van der Waals surface area (Å²) in [5, 5.41) is 3.20. The third kappa shape index (κ3) is 3.54. The van der Waals surface area contributed by atoms with E-state index in [0.717, 1.165) is 17.7 Å². The number of hydrogen-bond acceptors (Lipinski definition) is 5. The van der Waals surface area contributed by atoms with Crippen molar-refractivity contribution in [3.63, 3.8) is 0 Å². The summed E-state index contributed by atoms with van der Waals surface area (Å²) in [4.78, 5) is 49.3. The maximum absolute atomic E-state index is 12.4. The van der Waals surface area contributed by atoms with Crippen molar-refractivity contribution in [1.82, 2.24) is 10.2 Å². The lowest BCUT2D eigenvalue weighted by Gasteiger charge is -2.19. The van der Waals surface area contributed by atoms with Crippen molar-refractivity contribution in [3.8, 4) is 0 Å². The predicted octanol–water partition coefficient (Wildman–Crippen LogP) is 2.58. The monoisotopic (exact) mass is 398 g/mol. The molecule has 1 aromatic rings. The van der Waals surface area contributed by atoms with E-state index in [0.29, 0.717) is 17.9 Å². The predicted molar refractivity (Wildman–Crippen MR) is 93.2 cm³/mol. The lowest BCUT2D eigenvalue weighted by atomic mass is 9.98. The van der Waals surface area contributed by atoms with Gasteiger partial charge in [0, 0.05) is 10.6 Å². The molecule has 0 radical (unpaired) electrons. The Labute approximate surface area is 159 Å².